The molecule has 0 unspecified atom stereocenters. The van der Waals surface area contributed by atoms with Crippen LogP contribution < -0.4 is 5.32 Å². The smallest absolute Gasteiger partial charge is 0.356 e. The van der Waals surface area contributed by atoms with Crippen LogP contribution in [0.5, 0.6) is 0 Å². The van der Waals surface area contributed by atoms with Gasteiger partial charge in [-0.1, -0.05) is 23.2 Å². The lowest BCUT2D eigenvalue weighted by molar-refractivity contribution is 0.0594. The Hall–Kier alpha value is -2.66. The molecule has 3 rings (SSSR count). The zero-order chi connectivity index (χ0) is 17.3. The van der Waals surface area contributed by atoms with E-state index in [-0.39, 0.29) is 10.7 Å². The van der Waals surface area contributed by atoms with Crippen molar-refractivity contribution in [2.75, 3.05) is 12.4 Å². The number of fused-ring (bicyclic) bond motifs is 1. The fourth-order valence-corrected chi connectivity index (χ4v) is 2.56. The highest BCUT2D eigenvalue weighted by molar-refractivity contribution is 6.31. The standard InChI is InChI=1S/C18H14ClFN2O2/c1-10-3-6-15-12(7-10)16(9-17(22-15)18(23)24-2)21-11-4-5-14(20)13(19)8-11/h3-9H,1-2H3,(H,21,22). The minimum atomic E-state index is -0.530. The Labute approximate surface area is 143 Å². The van der Waals surface area contributed by atoms with E-state index < -0.39 is 11.8 Å². The lowest BCUT2D eigenvalue weighted by Gasteiger charge is -2.12. The lowest BCUT2D eigenvalue weighted by Crippen LogP contribution is -2.06. The van der Waals surface area contributed by atoms with Gasteiger partial charge in [0, 0.05) is 11.1 Å². The van der Waals surface area contributed by atoms with Crippen LogP contribution in [0.15, 0.2) is 42.5 Å². The van der Waals surface area contributed by atoms with Crippen molar-refractivity contribution < 1.29 is 13.9 Å². The zero-order valence-electron chi connectivity index (χ0n) is 13.1. The van der Waals surface area contributed by atoms with Crippen molar-refractivity contribution in [2.45, 2.75) is 6.92 Å². The molecular formula is C18H14ClFN2O2. The van der Waals surface area contributed by atoms with Gasteiger partial charge in [-0.15, -0.1) is 0 Å². The predicted octanol–water partition coefficient (Wildman–Crippen LogP) is 4.87. The molecule has 0 spiro atoms. The average molecular weight is 345 g/mol. The Morgan fingerprint density at radius 2 is 2.00 bits per heavy atom. The highest BCUT2D eigenvalue weighted by Gasteiger charge is 2.13. The van der Waals surface area contributed by atoms with Crippen LogP contribution in [0.1, 0.15) is 16.1 Å². The van der Waals surface area contributed by atoms with E-state index in [1.807, 2.05) is 25.1 Å². The normalized spacial score (nSPS) is 10.7. The molecule has 2 aromatic carbocycles. The third-order valence-electron chi connectivity index (χ3n) is 3.56. The summed E-state index contributed by atoms with van der Waals surface area (Å²) in [6.45, 7) is 1.96. The summed E-state index contributed by atoms with van der Waals surface area (Å²) in [5, 5.41) is 4.02. The number of anilines is 2. The van der Waals surface area contributed by atoms with E-state index in [2.05, 4.69) is 10.3 Å². The molecule has 3 aromatic rings. The monoisotopic (exact) mass is 344 g/mol. The number of halogens is 2. The van der Waals surface area contributed by atoms with Gasteiger partial charge in [-0.25, -0.2) is 14.2 Å². The van der Waals surface area contributed by atoms with Crippen molar-refractivity contribution >= 4 is 39.8 Å². The number of ether oxygens (including phenoxy) is 1. The molecule has 0 fully saturated rings. The van der Waals surface area contributed by atoms with Crippen molar-refractivity contribution in [3.05, 3.63) is 64.6 Å². The largest absolute Gasteiger partial charge is 0.464 e. The zero-order valence-corrected chi connectivity index (χ0v) is 13.8. The Kier molecular flexibility index (Phi) is 4.36. The van der Waals surface area contributed by atoms with Gasteiger partial charge in [-0.3, -0.25) is 0 Å². The number of nitrogens with zero attached hydrogens (tertiary/aromatic N) is 1. The summed E-state index contributed by atoms with van der Waals surface area (Å²) in [6, 6.07) is 11.6. The summed E-state index contributed by atoms with van der Waals surface area (Å²) in [4.78, 5) is 16.2. The maximum Gasteiger partial charge on any atom is 0.356 e. The number of rotatable bonds is 3. The van der Waals surface area contributed by atoms with Crippen molar-refractivity contribution in [3.8, 4) is 0 Å². The average Bonchev–Trinajstić information content (AvgIpc) is 2.57. The molecule has 0 saturated heterocycles. The number of hydrogen-bond donors (Lipinski definition) is 1. The number of methoxy groups -OCH3 is 1. The molecule has 0 bridgehead atoms. The summed E-state index contributed by atoms with van der Waals surface area (Å²) in [5.41, 5.74) is 3.15. The van der Waals surface area contributed by atoms with E-state index in [1.54, 1.807) is 12.1 Å². The Bertz CT molecular complexity index is 944. The maximum atomic E-state index is 13.3. The van der Waals surface area contributed by atoms with Gasteiger partial charge in [0.05, 0.1) is 23.3 Å². The van der Waals surface area contributed by atoms with Gasteiger partial charge in [0.2, 0.25) is 0 Å². The molecule has 0 atom stereocenters. The fraction of sp³-hybridized carbons (Fsp3) is 0.111. The van der Waals surface area contributed by atoms with Crippen molar-refractivity contribution in [3.63, 3.8) is 0 Å². The first-order chi connectivity index (χ1) is 11.5. The summed E-state index contributed by atoms with van der Waals surface area (Å²) in [6.07, 6.45) is 0. The maximum absolute atomic E-state index is 13.3. The third kappa shape index (κ3) is 3.16. The van der Waals surface area contributed by atoms with E-state index in [0.717, 1.165) is 10.9 Å². The number of pyridine rings is 1. The SMILES string of the molecule is COC(=O)c1cc(Nc2ccc(F)c(Cl)c2)c2cc(C)ccc2n1. The second kappa shape index (κ2) is 6.45. The number of nitrogens with one attached hydrogen (secondary N) is 1. The van der Waals surface area contributed by atoms with Crippen LogP contribution in [0.4, 0.5) is 15.8 Å². The van der Waals surface area contributed by atoms with Gasteiger partial charge in [0.1, 0.15) is 5.82 Å². The minimum Gasteiger partial charge on any atom is -0.464 e. The fourth-order valence-electron chi connectivity index (χ4n) is 2.38. The molecule has 1 heterocycles. The van der Waals surface area contributed by atoms with Gasteiger partial charge in [-0.2, -0.15) is 0 Å². The molecule has 24 heavy (non-hydrogen) atoms. The predicted molar refractivity (Wildman–Crippen MR) is 92.5 cm³/mol. The van der Waals surface area contributed by atoms with Crippen molar-refractivity contribution in [2.24, 2.45) is 0 Å². The second-order valence-electron chi connectivity index (χ2n) is 5.32. The molecule has 1 N–H and O–H groups in total. The first-order valence-corrected chi connectivity index (χ1v) is 7.57. The molecule has 6 heteroatoms. The highest BCUT2D eigenvalue weighted by Crippen LogP contribution is 2.29. The summed E-state index contributed by atoms with van der Waals surface area (Å²) in [5.74, 6) is -1.02. The topological polar surface area (TPSA) is 51.2 Å². The number of benzene rings is 2. The van der Waals surface area contributed by atoms with E-state index in [4.69, 9.17) is 16.3 Å². The van der Waals surface area contributed by atoms with Crippen LogP contribution in [0.2, 0.25) is 5.02 Å². The highest BCUT2D eigenvalue weighted by atomic mass is 35.5. The molecular weight excluding hydrogens is 331 g/mol. The van der Waals surface area contributed by atoms with Gasteiger partial charge < -0.3 is 10.1 Å². The number of aryl methyl sites for hydroxylation is 1. The molecule has 0 aliphatic rings. The molecule has 122 valence electrons. The van der Waals surface area contributed by atoms with Crippen LogP contribution in [0, 0.1) is 12.7 Å². The van der Waals surface area contributed by atoms with Gasteiger partial charge >= 0.3 is 5.97 Å². The first kappa shape index (κ1) is 16.2. The second-order valence-corrected chi connectivity index (χ2v) is 5.73. The molecule has 0 amide bonds. The van der Waals surface area contributed by atoms with Crippen LogP contribution >= 0.6 is 11.6 Å². The lowest BCUT2D eigenvalue weighted by atomic mass is 10.1. The Balaban J connectivity index is 2.14. The number of hydrogen-bond acceptors (Lipinski definition) is 4. The van der Waals surface area contributed by atoms with Gasteiger partial charge in [-0.05, 0) is 43.3 Å². The number of carbonyl (C=O) groups is 1. The van der Waals surface area contributed by atoms with E-state index >= 15 is 0 Å². The molecule has 0 saturated carbocycles. The van der Waals surface area contributed by atoms with Crippen LogP contribution in [-0.2, 0) is 4.74 Å². The van der Waals surface area contributed by atoms with E-state index in [0.29, 0.717) is 16.9 Å². The minimum absolute atomic E-state index is 0.0164. The Morgan fingerprint density at radius 3 is 2.71 bits per heavy atom. The third-order valence-corrected chi connectivity index (χ3v) is 3.85. The van der Waals surface area contributed by atoms with Crippen LogP contribution in [0.3, 0.4) is 0 Å². The van der Waals surface area contributed by atoms with E-state index in [1.165, 1.54) is 19.2 Å². The molecule has 1 aromatic heterocycles. The van der Waals surface area contributed by atoms with E-state index in [9.17, 15) is 9.18 Å². The summed E-state index contributed by atoms with van der Waals surface area (Å²) < 4.78 is 18.1. The molecule has 0 aliphatic carbocycles. The first-order valence-electron chi connectivity index (χ1n) is 7.20. The van der Waals surface area contributed by atoms with Crippen molar-refractivity contribution in [1.82, 2.24) is 4.98 Å². The van der Waals surface area contributed by atoms with Gasteiger partial charge in [0.15, 0.2) is 5.69 Å². The van der Waals surface area contributed by atoms with Crippen LogP contribution in [0.25, 0.3) is 10.9 Å². The number of esters is 1. The molecule has 0 radical (unpaired) electrons. The van der Waals surface area contributed by atoms with Crippen molar-refractivity contribution in [1.29, 1.82) is 0 Å². The summed E-state index contributed by atoms with van der Waals surface area (Å²) >= 11 is 5.83. The molecule has 0 aliphatic heterocycles. The molecule has 4 nitrogen and oxygen atoms in total. The number of aromatic nitrogens is 1. The number of carbonyl (C=O) groups excluding carboxylic acids is 1. The Morgan fingerprint density at radius 1 is 1.21 bits per heavy atom. The quantitative estimate of drug-likeness (QED) is 0.689. The summed E-state index contributed by atoms with van der Waals surface area (Å²) in [7, 11) is 1.30. The van der Waals surface area contributed by atoms with Crippen LogP contribution in [-0.4, -0.2) is 18.1 Å². The van der Waals surface area contributed by atoms with Gasteiger partial charge in [0.25, 0.3) is 0 Å².